The molecule has 1 aromatic carbocycles. The maximum atomic E-state index is 13.2. The molecule has 0 amide bonds. The second-order valence-electron chi connectivity index (χ2n) is 10.9. The first kappa shape index (κ1) is 30.0. The Morgan fingerprint density at radius 3 is 2.48 bits per heavy atom. The third-order valence-electron chi connectivity index (χ3n) is 7.38. The fourth-order valence-corrected chi connectivity index (χ4v) is 5.79. The van der Waals surface area contributed by atoms with E-state index in [0.717, 1.165) is 0 Å². The molecule has 1 atom stereocenters. The quantitative estimate of drug-likeness (QED) is 0.328. The number of aliphatic hydroxyl groups is 2. The van der Waals surface area contributed by atoms with E-state index in [9.17, 15) is 28.2 Å². The highest BCUT2D eigenvalue weighted by atomic mass is 35.5. The fraction of sp³-hybridized carbons (Fsp3) is 0.519. The summed E-state index contributed by atoms with van der Waals surface area (Å²) in [7, 11) is 1.71. The lowest BCUT2D eigenvalue weighted by Crippen LogP contribution is -2.72. The number of ether oxygens (including phenoxy) is 1. The largest absolute Gasteiger partial charge is 0.491 e. The number of carbonyl (C=O) groups is 1. The number of hydrogen-bond acceptors (Lipinski definition) is 9. The van der Waals surface area contributed by atoms with Crippen molar-refractivity contribution >= 4 is 28.8 Å². The van der Waals surface area contributed by atoms with Gasteiger partial charge in [-0.05, 0) is 58.9 Å². The minimum atomic E-state index is -4.68. The van der Waals surface area contributed by atoms with Crippen molar-refractivity contribution in [3.8, 4) is 17.1 Å². The van der Waals surface area contributed by atoms with Gasteiger partial charge in [-0.25, -0.2) is 9.97 Å². The van der Waals surface area contributed by atoms with Crippen LogP contribution in [0.1, 0.15) is 37.9 Å². The third-order valence-corrected chi connectivity index (χ3v) is 7.71. The molecular formula is C27H33ClF3N5O4. The third kappa shape index (κ3) is 5.63. The van der Waals surface area contributed by atoms with Gasteiger partial charge in [-0.15, -0.1) is 0 Å². The van der Waals surface area contributed by atoms with E-state index in [0.29, 0.717) is 40.0 Å². The van der Waals surface area contributed by atoms with Gasteiger partial charge in [0.25, 0.3) is 0 Å². The van der Waals surface area contributed by atoms with Crippen LogP contribution in [-0.4, -0.2) is 77.1 Å². The number of aliphatic hydroxyl groups excluding tert-OH is 1. The zero-order valence-electron chi connectivity index (χ0n) is 22.7. The molecule has 0 unspecified atom stereocenters. The van der Waals surface area contributed by atoms with Crippen molar-refractivity contribution in [3.05, 3.63) is 40.2 Å². The number of halogens is 4. The molecule has 218 valence electrons. The predicted octanol–water partition coefficient (Wildman–Crippen LogP) is 3.24. The first-order valence-electron chi connectivity index (χ1n) is 12.8. The summed E-state index contributed by atoms with van der Waals surface area (Å²) in [6.07, 6.45) is -6.19. The van der Waals surface area contributed by atoms with Crippen molar-refractivity contribution < 1.29 is 32.9 Å². The molecule has 9 nitrogen and oxygen atoms in total. The molecular weight excluding hydrogens is 551 g/mol. The number of Topliss-reactive ketones (excluding diaryl/α,β-unsaturated/α-hetero) is 1. The van der Waals surface area contributed by atoms with Gasteiger partial charge in [0.1, 0.15) is 24.3 Å². The first-order valence-corrected chi connectivity index (χ1v) is 13.1. The number of benzene rings is 1. The Kier molecular flexibility index (Phi) is 8.12. The molecule has 4 rings (SSSR count). The Bertz CT molecular complexity index is 1330. The van der Waals surface area contributed by atoms with Gasteiger partial charge in [-0.2, -0.15) is 13.2 Å². The van der Waals surface area contributed by atoms with E-state index in [1.54, 1.807) is 39.1 Å². The Labute approximate surface area is 235 Å². The molecule has 2 aliphatic rings. The van der Waals surface area contributed by atoms with E-state index >= 15 is 0 Å². The lowest BCUT2D eigenvalue weighted by molar-refractivity contribution is -0.319. The predicted molar refractivity (Wildman–Crippen MR) is 145 cm³/mol. The average molecular weight is 584 g/mol. The average Bonchev–Trinajstić information content (AvgIpc) is 2.80. The van der Waals surface area contributed by atoms with E-state index in [4.69, 9.17) is 27.1 Å². The summed E-state index contributed by atoms with van der Waals surface area (Å²) < 4.78 is 45.4. The maximum Gasteiger partial charge on any atom is 0.417 e. The highest BCUT2D eigenvalue weighted by Crippen LogP contribution is 2.60. The number of anilines is 1. The number of carbonyl (C=O) groups excluding carboxylic acids is 1. The van der Waals surface area contributed by atoms with Crippen LogP contribution in [0.3, 0.4) is 0 Å². The van der Waals surface area contributed by atoms with Crippen LogP contribution < -0.4 is 20.7 Å². The molecule has 0 bridgehead atoms. The van der Waals surface area contributed by atoms with Crippen LogP contribution in [0, 0.1) is 12.3 Å². The van der Waals surface area contributed by atoms with E-state index in [2.05, 4.69) is 10.3 Å². The zero-order chi connectivity index (χ0) is 29.6. The molecule has 1 spiro atoms. The van der Waals surface area contributed by atoms with Gasteiger partial charge in [0.05, 0.1) is 16.3 Å². The summed E-state index contributed by atoms with van der Waals surface area (Å²) in [6.45, 7) is 5.55. The van der Waals surface area contributed by atoms with Crippen molar-refractivity contribution in [1.82, 2.24) is 15.3 Å². The molecule has 5 N–H and O–H groups in total. The molecule has 2 aromatic rings. The molecule has 1 saturated heterocycles. The number of nitrogens with one attached hydrogen (secondary N) is 1. The van der Waals surface area contributed by atoms with Crippen LogP contribution in [-0.2, 0) is 4.79 Å². The summed E-state index contributed by atoms with van der Waals surface area (Å²) in [4.78, 5) is 23.8. The smallest absolute Gasteiger partial charge is 0.417 e. The van der Waals surface area contributed by atoms with Crippen molar-refractivity contribution in [2.75, 3.05) is 38.2 Å². The SMILES string of the molecule is CNC[C@@H](O)COc1ccc(Cl)c(-c2nc(C(C(C)=O)=C(C)N)c(C)c(N3CC4(C3)CC(O)(C(F)(F)F)C4)n2)c1. The molecule has 1 aliphatic carbocycles. The van der Waals surface area contributed by atoms with E-state index < -0.39 is 23.3 Å². The van der Waals surface area contributed by atoms with Crippen molar-refractivity contribution in [1.29, 1.82) is 0 Å². The molecule has 2 heterocycles. The van der Waals surface area contributed by atoms with Gasteiger partial charge in [-0.3, -0.25) is 4.79 Å². The van der Waals surface area contributed by atoms with Crippen molar-refractivity contribution in [2.45, 2.75) is 51.5 Å². The second-order valence-corrected chi connectivity index (χ2v) is 11.3. The molecule has 1 aromatic heterocycles. The van der Waals surface area contributed by atoms with Gasteiger partial charge in [0.2, 0.25) is 0 Å². The number of likely N-dealkylation sites (N-methyl/N-ethyl adjacent to an activating group) is 1. The van der Waals surface area contributed by atoms with Gasteiger partial charge < -0.3 is 30.9 Å². The Morgan fingerprint density at radius 1 is 1.27 bits per heavy atom. The molecule has 0 radical (unpaired) electrons. The van der Waals surface area contributed by atoms with Crippen molar-refractivity contribution in [2.24, 2.45) is 11.1 Å². The number of rotatable bonds is 9. The second kappa shape index (κ2) is 10.8. The topological polar surface area (TPSA) is 134 Å². The minimum absolute atomic E-state index is 0.0247. The first-order chi connectivity index (χ1) is 18.6. The molecule has 1 saturated carbocycles. The molecule has 40 heavy (non-hydrogen) atoms. The van der Waals surface area contributed by atoms with Gasteiger partial charge in [-0.1, -0.05) is 11.6 Å². The highest BCUT2D eigenvalue weighted by molar-refractivity contribution is 6.33. The number of nitrogens with two attached hydrogens (primary N) is 1. The number of aromatic nitrogens is 2. The number of allylic oxidation sites excluding steroid dienone is 2. The van der Waals surface area contributed by atoms with Gasteiger partial charge in [0, 0.05) is 41.9 Å². The summed E-state index contributed by atoms with van der Waals surface area (Å²) in [5.41, 5.74) is 4.40. The number of hydrogen-bond donors (Lipinski definition) is 4. The Morgan fingerprint density at radius 2 is 1.93 bits per heavy atom. The number of alkyl halides is 3. The van der Waals surface area contributed by atoms with Gasteiger partial charge in [0.15, 0.2) is 17.2 Å². The summed E-state index contributed by atoms with van der Waals surface area (Å²) in [6, 6.07) is 4.85. The lowest BCUT2D eigenvalue weighted by atomic mass is 9.55. The summed E-state index contributed by atoms with van der Waals surface area (Å²) in [5, 5.41) is 23.1. The molecule has 2 fully saturated rings. The Balaban J connectivity index is 1.72. The van der Waals surface area contributed by atoms with Crippen LogP contribution in [0.15, 0.2) is 23.9 Å². The number of nitrogens with zero attached hydrogens (tertiary/aromatic N) is 3. The normalized spacial score (nSPS) is 19.0. The summed E-state index contributed by atoms with van der Waals surface area (Å²) in [5.74, 6) is 0.695. The van der Waals surface area contributed by atoms with Crippen molar-refractivity contribution in [3.63, 3.8) is 0 Å². The van der Waals surface area contributed by atoms with Crippen LogP contribution in [0.25, 0.3) is 17.0 Å². The number of ketones is 1. The molecule has 13 heteroatoms. The Hall–Kier alpha value is -2.93. The minimum Gasteiger partial charge on any atom is -0.491 e. The van der Waals surface area contributed by atoms with E-state index in [1.165, 1.54) is 6.92 Å². The van der Waals surface area contributed by atoms with Crippen LogP contribution in [0.4, 0.5) is 19.0 Å². The zero-order valence-corrected chi connectivity index (χ0v) is 23.4. The lowest BCUT2D eigenvalue weighted by Gasteiger charge is -2.62. The van der Waals surface area contributed by atoms with E-state index in [-0.39, 0.29) is 55.4 Å². The standard InChI is InChI=1S/C27H33ClF3N5O4/c1-14-22(21(15(2)32)16(3)37)34-23(19-7-18(5-6-20(19)28)40-9-17(38)8-33-4)35-24(14)36-12-25(13-36)10-26(39,11-25)27(29,30)31/h5-7,17,33,38-39H,8-13,32H2,1-4H3/t17-/m1/s1. The molecule has 1 aliphatic heterocycles. The van der Waals surface area contributed by atoms with Crippen LogP contribution >= 0.6 is 11.6 Å². The maximum absolute atomic E-state index is 13.2. The van der Waals surface area contributed by atoms with Crippen LogP contribution in [0.2, 0.25) is 5.02 Å². The monoisotopic (exact) mass is 583 g/mol. The fourth-order valence-electron chi connectivity index (χ4n) is 5.59. The summed E-state index contributed by atoms with van der Waals surface area (Å²) >= 11 is 6.52. The van der Waals surface area contributed by atoms with Crippen LogP contribution in [0.5, 0.6) is 5.75 Å². The van der Waals surface area contributed by atoms with E-state index in [1.807, 2.05) is 4.90 Å². The van der Waals surface area contributed by atoms with Gasteiger partial charge >= 0.3 is 6.18 Å². The highest BCUT2D eigenvalue weighted by Gasteiger charge is 2.70.